The molecular formula is C18H33N3. The molecule has 1 aliphatic carbocycles. The highest BCUT2D eigenvalue weighted by Gasteiger charge is 2.23. The van der Waals surface area contributed by atoms with Crippen LogP contribution >= 0.6 is 0 Å². The monoisotopic (exact) mass is 291 g/mol. The normalized spacial score (nSPS) is 16.5. The van der Waals surface area contributed by atoms with Crippen LogP contribution < -0.4 is 5.73 Å². The topological polar surface area (TPSA) is 43.8 Å². The van der Waals surface area contributed by atoms with Crippen LogP contribution in [0, 0.1) is 0 Å². The van der Waals surface area contributed by atoms with Crippen molar-refractivity contribution >= 4 is 5.82 Å². The first-order chi connectivity index (χ1) is 10.3. The van der Waals surface area contributed by atoms with Gasteiger partial charge in [-0.3, -0.25) is 0 Å². The Kier molecular flexibility index (Phi) is 6.59. The van der Waals surface area contributed by atoms with Crippen molar-refractivity contribution in [3.8, 4) is 0 Å². The highest BCUT2D eigenvalue weighted by Crippen LogP contribution is 2.34. The van der Waals surface area contributed by atoms with Gasteiger partial charge in [-0.1, -0.05) is 52.4 Å². The fourth-order valence-corrected chi connectivity index (χ4v) is 3.49. The molecule has 0 atom stereocenters. The predicted octanol–water partition coefficient (Wildman–Crippen LogP) is 5.05. The summed E-state index contributed by atoms with van der Waals surface area (Å²) >= 11 is 0. The quantitative estimate of drug-likeness (QED) is 0.681. The summed E-state index contributed by atoms with van der Waals surface area (Å²) in [6.45, 7) is 5.54. The number of nitrogens with zero attached hydrogens (tertiary/aromatic N) is 2. The summed E-state index contributed by atoms with van der Waals surface area (Å²) in [5, 5.41) is 0. The molecule has 0 unspecified atom stereocenters. The van der Waals surface area contributed by atoms with E-state index in [1.807, 2.05) is 0 Å². The van der Waals surface area contributed by atoms with Gasteiger partial charge in [0.25, 0.3) is 0 Å². The molecule has 1 heterocycles. The number of aromatic nitrogens is 2. The van der Waals surface area contributed by atoms with Gasteiger partial charge in [0.2, 0.25) is 0 Å². The van der Waals surface area contributed by atoms with Crippen LogP contribution in [0.5, 0.6) is 0 Å². The fraction of sp³-hybridized carbons (Fsp3) is 0.833. The van der Waals surface area contributed by atoms with Crippen LogP contribution in [0.3, 0.4) is 0 Å². The molecule has 0 radical (unpaired) electrons. The van der Waals surface area contributed by atoms with E-state index in [0.29, 0.717) is 5.92 Å². The van der Waals surface area contributed by atoms with Gasteiger partial charge in [-0.15, -0.1) is 0 Å². The average Bonchev–Trinajstić information content (AvgIpc) is 2.83. The molecule has 21 heavy (non-hydrogen) atoms. The molecule has 0 aromatic carbocycles. The number of nitrogens with two attached hydrogens (primary N) is 1. The zero-order chi connectivity index (χ0) is 15.1. The third-order valence-electron chi connectivity index (χ3n) is 4.84. The van der Waals surface area contributed by atoms with E-state index in [9.17, 15) is 0 Å². The molecule has 1 aromatic rings. The third kappa shape index (κ3) is 4.24. The smallest absolute Gasteiger partial charge is 0.126 e. The van der Waals surface area contributed by atoms with E-state index in [1.54, 1.807) is 0 Å². The lowest BCUT2D eigenvalue weighted by Gasteiger charge is -2.22. The Morgan fingerprint density at radius 3 is 2.43 bits per heavy atom. The lowest BCUT2D eigenvalue weighted by molar-refractivity contribution is 0.413. The Hall–Kier alpha value is -0.990. The minimum absolute atomic E-state index is 0.651. The maximum atomic E-state index is 6.43. The Morgan fingerprint density at radius 1 is 1.05 bits per heavy atom. The summed E-state index contributed by atoms with van der Waals surface area (Å²) in [4.78, 5) is 5.00. The van der Waals surface area contributed by atoms with Gasteiger partial charge in [0.1, 0.15) is 11.6 Å². The molecule has 2 N–H and O–H groups in total. The predicted molar refractivity (Wildman–Crippen MR) is 90.6 cm³/mol. The number of unbranched alkanes of at least 4 members (excludes halogenated alkanes) is 3. The van der Waals surface area contributed by atoms with Gasteiger partial charge in [-0.2, -0.15) is 0 Å². The van der Waals surface area contributed by atoms with Gasteiger partial charge < -0.3 is 10.3 Å². The van der Waals surface area contributed by atoms with Crippen molar-refractivity contribution in [1.82, 2.24) is 9.55 Å². The lowest BCUT2D eigenvalue weighted by Crippen LogP contribution is -2.14. The van der Waals surface area contributed by atoms with Gasteiger partial charge in [0.05, 0.1) is 5.69 Å². The Balaban J connectivity index is 2.16. The number of hydrogen-bond donors (Lipinski definition) is 1. The van der Waals surface area contributed by atoms with E-state index in [0.717, 1.165) is 18.8 Å². The average molecular weight is 291 g/mol. The molecule has 2 rings (SSSR count). The molecule has 3 heteroatoms. The summed E-state index contributed by atoms with van der Waals surface area (Å²) < 4.78 is 2.35. The van der Waals surface area contributed by atoms with Crippen molar-refractivity contribution in [2.75, 3.05) is 5.73 Å². The van der Waals surface area contributed by atoms with E-state index >= 15 is 0 Å². The second kappa shape index (κ2) is 8.45. The maximum Gasteiger partial charge on any atom is 0.126 e. The van der Waals surface area contributed by atoms with Crippen LogP contribution in [-0.2, 0) is 13.0 Å². The number of anilines is 1. The Labute approximate surface area is 130 Å². The zero-order valence-corrected chi connectivity index (χ0v) is 14.0. The largest absolute Gasteiger partial charge is 0.384 e. The molecule has 3 nitrogen and oxygen atoms in total. The SMILES string of the molecule is CCCCCc1nc(C2CCCCC2)n(CCCC)c1N. The first kappa shape index (κ1) is 16.4. The van der Waals surface area contributed by atoms with E-state index in [2.05, 4.69) is 18.4 Å². The van der Waals surface area contributed by atoms with Crippen LogP contribution in [0.25, 0.3) is 0 Å². The van der Waals surface area contributed by atoms with Crippen LogP contribution in [0.2, 0.25) is 0 Å². The maximum absolute atomic E-state index is 6.43. The third-order valence-corrected chi connectivity index (χ3v) is 4.84. The summed E-state index contributed by atoms with van der Waals surface area (Å²) in [6, 6.07) is 0. The Bertz CT molecular complexity index is 416. The summed E-state index contributed by atoms with van der Waals surface area (Å²) in [6.07, 6.45) is 13.9. The van der Waals surface area contributed by atoms with Crippen molar-refractivity contribution in [1.29, 1.82) is 0 Å². The molecule has 120 valence electrons. The summed E-state index contributed by atoms with van der Waals surface area (Å²) in [7, 11) is 0. The molecule has 1 aromatic heterocycles. The zero-order valence-electron chi connectivity index (χ0n) is 14.0. The molecule has 1 saturated carbocycles. The van der Waals surface area contributed by atoms with Crippen LogP contribution in [-0.4, -0.2) is 9.55 Å². The van der Waals surface area contributed by atoms with Crippen LogP contribution in [0.1, 0.15) is 95.5 Å². The standard InChI is InChI=1S/C18H33N3/c1-3-5-8-13-16-17(19)21(14-6-4-2)18(20-16)15-11-9-7-10-12-15/h15H,3-14,19H2,1-2H3. The highest BCUT2D eigenvalue weighted by atomic mass is 15.1. The minimum atomic E-state index is 0.651. The molecule has 0 aliphatic heterocycles. The molecule has 1 aliphatic rings. The molecule has 0 amide bonds. The number of nitrogen functional groups attached to an aromatic ring is 1. The summed E-state index contributed by atoms with van der Waals surface area (Å²) in [5.41, 5.74) is 7.60. The molecular weight excluding hydrogens is 258 g/mol. The van der Waals surface area contributed by atoms with Crippen LogP contribution in [0.4, 0.5) is 5.82 Å². The second-order valence-corrected chi connectivity index (χ2v) is 6.60. The van der Waals surface area contributed by atoms with Gasteiger partial charge in [0, 0.05) is 12.5 Å². The van der Waals surface area contributed by atoms with E-state index in [4.69, 9.17) is 10.7 Å². The minimum Gasteiger partial charge on any atom is -0.384 e. The summed E-state index contributed by atoms with van der Waals surface area (Å²) in [5.74, 6) is 2.91. The highest BCUT2D eigenvalue weighted by molar-refractivity contribution is 5.39. The number of rotatable bonds is 8. The molecule has 1 fully saturated rings. The lowest BCUT2D eigenvalue weighted by atomic mass is 9.88. The fourth-order valence-electron chi connectivity index (χ4n) is 3.49. The number of hydrogen-bond acceptors (Lipinski definition) is 2. The first-order valence-electron chi connectivity index (χ1n) is 9.12. The molecule has 0 saturated heterocycles. The Morgan fingerprint density at radius 2 is 1.76 bits per heavy atom. The van der Waals surface area contributed by atoms with Crippen LogP contribution in [0.15, 0.2) is 0 Å². The van der Waals surface area contributed by atoms with Gasteiger partial charge in [0.15, 0.2) is 0 Å². The van der Waals surface area contributed by atoms with Gasteiger partial charge in [-0.05, 0) is 32.1 Å². The van der Waals surface area contributed by atoms with Crippen molar-refractivity contribution < 1.29 is 0 Å². The first-order valence-corrected chi connectivity index (χ1v) is 9.12. The second-order valence-electron chi connectivity index (χ2n) is 6.60. The van der Waals surface area contributed by atoms with Crippen molar-refractivity contribution in [2.45, 2.75) is 96.9 Å². The van der Waals surface area contributed by atoms with E-state index in [1.165, 1.54) is 75.7 Å². The number of aryl methyl sites for hydroxylation is 1. The van der Waals surface area contributed by atoms with Crippen molar-refractivity contribution in [2.24, 2.45) is 0 Å². The molecule has 0 spiro atoms. The van der Waals surface area contributed by atoms with Gasteiger partial charge >= 0.3 is 0 Å². The van der Waals surface area contributed by atoms with Crippen molar-refractivity contribution in [3.63, 3.8) is 0 Å². The number of imidazole rings is 1. The van der Waals surface area contributed by atoms with E-state index < -0.39 is 0 Å². The molecule has 0 bridgehead atoms. The van der Waals surface area contributed by atoms with Gasteiger partial charge in [-0.25, -0.2) is 4.98 Å². The van der Waals surface area contributed by atoms with E-state index in [-0.39, 0.29) is 0 Å². The van der Waals surface area contributed by atoms with Crippen molar-refractivity contribution in [3.05, 3.63) is 11.5 Å².